The van der Waals surface area contributed by atoms with E-state index in [-0.39, 0.29) is 17.3 Å². The predicted octanol–water partition coefficient (Wildman–Crippen LogP) is 4.85. The van der Waals surface area contributed by atoms with Crippen molar-refractivity contribution >= 4 is 40.3 Å². The Labute approximate surface area is 171 Å². The second kappa shape index (κ2) is 8.61. The minimum atomic E-state index is -0.562. The molecule has 29 heavy (non-hydrogen) atoms. The van der Waals surface area contributed by atoms with E-state index in [0.29, 0.717) is 27.9 Å². The van der Waals surface area contributed by atoms with Crippen molar-refractivity contribution in [2.24, 2.45) is 0 Å². The molecule has 10 heteroatoms. The molecule has 0 unspecified atom stereocenters. The zero-order valence-electron chi connectivity index (χ0n) is 15.9. The highest BCUT2D eigenvalue weighted by atomic mass is 35.5. The van der Waals surface area contributed by atoms with Gasteiger partial charge in [0.2, 0.25) is 11.6 Å². The summed E-state index contributed by atoms with van der Waals surface area (Å²) in [7, 11) is 3.02. The molecule has 9 nitrogen and oxygen atoms in total. The van der Waals surface area contributed by atoms with E-state index in [9.17, 15) is 10.1 Å². The lowest BCUT2D eigenvalue weighted by molar-refractivity contribution is -0.383. The molecule has 3 rings (SSSR count). The van der Waals surface area contributed by atoms with Crippen LogP contribution in [-0.2, 0) is 0 Å². The predicted molar refractivity (Wildman–Crippen MR) is 111 cm³/mol. The van der Waals surface area contributed by atoms with Gasteiger partial charge in [0.15, 0.2) is 0 Å². The number of anilines is 4. The Morgan fingerprint density at radius 1 is 1.03 bits per heavy atom. The fraction of sp³-hybridized carbons (Fsp3) is 0.158. The SMILES string of the molecule is COc1ccc(OC)c(Nc2ncnc(Nc3ccc(C)c(Cl)c3)c2[N+](=O)[O-])c1. The summed E-state index contributed by atoms with van der Waals surface area (Å²) in [6.07, 6.45) is 1.22. The van der Waals surface area contributed by atoms with Gasteiger partial charge in [-0.15, -0.1) is 0 Å². The number of methoxy groups -OCH3 is 2. The Morgan fingerprint density at radius 3 is 2.38 bits per heavy atom. The van der Waals surface area contributed by atoms with Crippen molar-refractivity contribution in [1.29, 1.82) is 0 Å². The second-order valence-corrected chi connectivity index (χ2v) is 6.36. The van der Waals surface area contributed by atoms with E-state index in [2.05, 4.69) is 20.6 Å². The van der Waals surface area contributed by atoms with Gasteiger partial charge in [0.1, 0.15) is 17.8 Å². The Kier molecular flexibility index (Phi) is 5.99. The van der Waals surface area contributed by atoms with Gasteiger partial charge in [-0.2, -0.15) is 0 Å². The quantitative estimate of drug-likeness (QED) is 0.416. The molecule has 1 heterocycles. The highest BCUT2D eigenvalue weighted by molar-refractivity contribution is 6.31. The van der Waals surface area contributed by atoms with Crippen LogP contribution < -0.4 is 20.1 Å². The number of rotatable bonds is 7. The highest BCUT2D eigenvalue weighted by Crippen LogP contribution is 2.37. The lowest BCUT2D eigenvalue weighted by Crippen LogP contribution is -2.06. The maximum Gasteiger partial charge on any atom is 0.353 e. The molecule has 2 aromatic carbocycles. The Balaban J connectivity index is 2.01. The van der Waals surface area contributed by atoms with Gasteiger partial charge >= 0.3 is 5.69 Å². The third-order valence-electron chi connectivity index (χ3n) is 4.10. The van der Waals surface area contributed by atoms with E-state index in [1.165, 1.54) is 20.5 Å². The number of nitrogens with one attached hydrogen (secondary N) is 2. The molecule has 0 saturated carbocycles. The largest absolute Gasteiger partial charge is 0.497 e. The van der Waals surface area contributed by atoms with Gasteiger partial charge in [-0.05, 0) is 36.8 Å². The average Bonchev–Trinajstić information content (AvgIpc) is 2.70. The summed E-state index contributed by atoms with van der Waals surface area (Å²) in [6, 6.07) is 10.3. The van der Waals surface area contributed by atoms with Crippen LogP contribution in [0.5, 0.6) is 11.5 Å². The monoisotopic (exact) mass is 415 g/mol. The molecule has 0 aliphatic heterocycles. The first-order valence-corrected chi connectivity index (χ1v) is 8.82. The van der Waals surface area contributed by atoms with E-state index in [1.54, 1.807) is 36.4 Å². The summed E-state index contributed by atoms with van der Waals surface area (Å²) in [4.78, 5) is 19.3. The minimum Gasteiger partial charge on any atom is -0.497 e. The van der Waals surface area contributed by atoms with Crippen molar-refractivity contribution in [2.45, 2.75) is 6.92 Å². The van der Waals surface area contributed by atoms with E-state index < -0.39 is 4.92 Å². The van der Waals surface area contributed by atoms with E-state index in [4.69, 9.17) is 21.1 Å². The Hall–Kier alpha value is -3.59. The van der Waals surface area contributed by atoms with Gasteiger partial charge in [0.05, 0.1) is 24.8 Å². The number of hydrogen-bond donors (Lipinski definition) is 2. The molecule has 0 aliphatic rings. The molecule has 0 amide bonds. The number of nitrogens with zero attached hydrogens (tertiary/aromatic N) is 3. The second-order valence-electron chi connectivity index (χ2n) is 5.96. The Bertz CT molecular complexity index is 1060. The molecule has 0 atom stereocenters. The third kappa shape index (κ3) is 4.46. The van der Waals surface area contributed by atoms with Crippen LogP contribution in [0.25, 0.3) is 0 Å². The molecular formula is C19H18ClN5O4. The first kappa shape index (κ1) is 20.2. The molecule has 1 aromatic heterocycles. The first-order chi connectivity index (χ1) is 13.9. The molecule has 0 aliphatic carbocycles. The molecule has 0 saturated heterocycles. The molecular weight excluding hydrogens is 398 g/mol. The van der Waals surface area contributed by atoms with Crippen molar-refractivity contribution < 1.29 is 14.4 Å². The van der Waals surface area contributed by atoms with E-state index >= 15 is 0 Å². The van der Waals surface area contributed by atoms with Crippen LogP contribution in [0.3, 0.4) is 0 Å². The van der Waals surface area contributed by atoms with Gasteiger partial charge < -0.3 is 20.1 Å². The van der Waals surface area contributed by atoms with Crippen molar-refractivity contribution in [3.05, 3.63) is 63.4 Å². The van der Waals surface area contributed by atoms with Gasteiger partial charge in [-0.3, -0.25) is 10.1 Å². The van der Waals surface area contributed by atoms with Gasteiger partial charge in [0.25, 0.3) is 0 Å². The fourth-order valence-electron chi connectivity index (χ4n) is 2.58. The number of ether oxygens (including phenoxy) is 2. The maximum atomic E-state index is 11.8. The van der Waals surface area contributed by atoms with Crippen molar-refractivity contribution in [3.8, 4) is 11.5 Å². The average molecular weight is 416 g/mol. The number of halogens is 1. The maximum absolute atomic E-state index is 11.8. The van der Waals surface area contributed by atoms with E-state index in [1.807, 2.05) is 6.92 Å². The number of aromatic nitrogens is 2. The first-order valence-electron chi connectivity index (χ1n) is 8.44. The molecule has 0 bridgehead atoms. The number of benzene rings is 2. The number of nitro groups is 1. The van der Waals surface area contributed by atoms with Crippen LogP contribution in [0.1, 0.15) is 5.56 Å². The topological polar surface area (TPSA) is 111 Å². The van der Waals surface area contributed by atoms with Crippen LogP contribution in [0, 0.1) is 17.0 Å². The van der Waals surface area contributed by atoms with Crippen LogP contribution in [0.4, 0.5) is 28.7 Å². The summed E-state index contributed by atoms with van der Waals surface area (Å²) >= 11 is 6.14. The third-order valence-corrected chi connectivity index (χ3v) is 4.51. The lowest BCUT2D eigenvalue weighted by Gasteiger charge is -2.13. The highest BCUT2D eigenvalue weighted by Gasteiger charge is 2.24. The smallest absolute Gasteiger partial charge is 0.353 e. The van der Waals surface area contributed by atoms with Crippen molar-refractivity contribution in [3.63, 3.8) is 0 Å². The van der Waals surface area contributed by atoms with E-state index in [0.717, 1.165) is 5.56 Å². The number of aryl methyl sites for hydroxylation is 1. The zero-order chi connectivity index (χ0) is 21.0. The van der Waals surface area contributed by atoms with Crippen molar-refractivity contribution in [1.82, 2.24) is 9.97 Å². The summed E-state index contributed by atoms with van der Waals surface area (Å²) in [5.74, 6) is 1.04. The summed E-state index contributed by atoms with van der Waals surface area (Å²) < 4.78 is 10.5. The summed E-state index contributed by atoms with van der Waals surface area (Å²) in [5.41, 5.74) is 1.58. The van der Waals surface area contributed by atoms with Crippen LogP contribution in [-0.4, -0.2) is 29.1 Å². The molecule has 2 N–H and O–H groups in total. The summed E-state index contributed by atoms with van der Waals surface area (Å²) in [6.45, 7) is 1.86. The zero-order valence-corrected chi connectivity index (χ0v) is 16.6. The van der Waals surface area contributed by atoms with Crippen LogP contribution in [0.15, 0.2) is 42.7 Å². The molecule has 0 radical (unpaired) electrons. The molecule has 0 fully saturated rings. The number of hydrogen-bond acceptors (Lipinski definition) is 8. The van der Waals surface area contributed by atoms with Crippen LogP contribution >= 0.6 is 11.6 Å². The van der Waals surface area contributed by atoms with Crippen LogP contribution in [0.2, 0.25) is 5.02 Å². The standard InChI is InChI=1S/C19H18ClN5O4/c1-11-4-5-12(8-14(11)20)23-18-17(25(26)27)19(22-10-21-18)24-15-9-13(28-2)6-7-16(15)29-3/h4-10H,1-3H3,(H2,21,22,23,24). The lowest BCUT2D eigenvalue weighted by atomic mass is 10.2. The minimum absolute atomic E-state index is 0.00254. The van der Waals surface area contributed by atoms with Gasteiger partial charge in [-0.25, -0.2) is 9.97 Å². The molecule has 3 aromatic rings. The normalized spacial score (nSPS) is 10.3. The van der Waals surface area contributed by atoms with Crippen molar-refractivity contribution in [2.75, 3.05) is 24.9 Å². The summed E-state index contributed by atoms with van der Waals surface area (Å²) in [5, 5.41) is 18.2. The van der Waals surface area contributed by atoms with Gasteiger partial charge in [-0.1, -0.05) is 17.7 Å². The molecule has 150 valence electrons. The Morgan fingerprint density at radius 2 is 1.76 bits per heavy atom. The fourth-order valence-corrected chi connectivity index (χ4v) is 2.76. The van der Waals surface area contributed by atoms with Gasteiger partial charge in [0, 0.05) is 16.8 Å². The molecule has 0 spiro atoms.